The van der Waals surface area contributed by atoms with Gasteiger partial charge in [0.15, 0.2) is 0 Å². The third kappa shape index (κ3) is 5.75. The minimum absolute atomic E-state index is 0.256. The Kier molecular flexibility index (Phi) is 7.11. The Labute approximate surface area is 118 Å². The van der Waals surface area contributed by atoms with E-state index in [2.05, 4.69) is 57.3 Å². The molecule has 2 nitrogen and oxygen atoms in total. The van der Waals surface area contributed by atoms with E-state index in [4.69, 9.17) is 5.11 Å². The minimum Gasteiger partial charge on any atom is -0.396 e. The Morgan fingerprint density at radius 1 is 1.11 bits per heavy atom. The molecule has 1 aromatic carbocycles. The molecule has 0 radical (unpaired) electrons. The second-order valence-corrected chi connectivity index (χ2v) is 5.85. The van der Waals surface area contributed by atoms with Gasteiger partial charge in [-0.3, -0.25) is 0 Å². The molecular formula is C17H29NO. The van der Waals surface area contributed by atoms with Crippen molar-refractivity contribution in [3.63, 3.8) is 0 Å². The van der Waals surface area contributed by atoms with E-state index in [1.165, 1.54) is 11.1 Å². The number of hydrogen-bond acceptors (Lipinski definition) is 2. The summed E-state index contributed by atoms with van der Waals surface area (Å²) in [5, 5.41) is 12.6. The zero-order chi connectivity index (χ0) is 14.3. The number of hydrogen-bond donors (Lipinski definition) is 2. The zero-order valence-corrected chi connectivity index (χ0v) is 12.8. The van der Waals surface area contributed by atoms with Crippen LogP contribution < -0.4 is 5.32 Å². The van der Waals surface area contributed by atoms with Crippen LogP contribution in [0.4, 0.5) is 0 Å². The molecule has 0 aliphatic carbocycles. The molecule has 0 fully saturated rings. The molecule has 19 heavy (non-hydrogen) atoms. The van der Waals surface area contributed by atoms with E-state index in [0.29, 0.717) is 18.0 Å². The van der Waals surface area contributed by atoms with Crippen LogP contribution in [0.3, 0.4) is 0 Å². The summed E-state index contributed by atoms with van der Waals surface area (Å²) in [7, 11) is 0. The predicted octanol–water partition coefficient (Wildman–Crippen LogP) is 3.70. The summed E-state index contributed by atoms with van der Waals surface area (Å²) in [4.78, 5) is 0. The maximum absolute atomic E-state index is 9.03. The average molecular weight is 263 g/mol. The molecule has 0 aromatic heterocycles. The smallest absolute Gasteiger partial charge is 0.0445 e. The summed E-state index contributed by atoms with van der Waals surface area (Å²) in [5.41, 5.74) is 2.73. The van der Waals surface area contributed by atoms with Crippen LogP contribution in [0.1, 0.15) is 57.7 Å². The van der Waals surface area contributed by atoms with E-state index in [0.717, 1.165) is 19.3 Å². The van der Waals surface area contributed by atoms with Crippen molar-refractivity contribution in [3.05, 3.63) is 35.4 Å². The second kappa shape index (κ2) is 8.34. The molecule has 2 heteroatoms. The van der Waals surface area contributed by atoms with Crippen LogP contribution in [0.2, 0.25) is 0 Å². The van der Waals surface area contributed by atoms with Gasteiger partial charge in [-0.15, -0.1) is 0 Å². The quantitative estimate of drug-likeness (QED) is 0.749. The fourth-order valence-corrected chi connectivity index (χ4v) is 2.42. The molecule has 0 aliphatic rings. The van der Waals surface area contributed by atoms with Crippen LogP contribution in [0.25, 0.3) is 0 Å². The number of nitrogens with one attached hydrogen (secondary N) is 1. The van der Waals surface area contributed by atoms with Gasteiger partial charge in [0.2, 0.25) is 0 Å². The summed E-state index contributed by atoms with van der Waals surface area (Å²) in [6.45, 7) is 9.10. The van der Waals surface area contributed by atoms with Crippen molar-refractivity contribution < 1.29 is 5.11 Å². The molecule has 1 rings (SSSR count). The van der Waals surface area contributed by atoms with Gasteiger partial charge in [-0.25, -0.2) is 0 Å². The fourth-order valence-electron chi connectivity index (χ4n) is 2.42. The van der Waals surface area contributed by atoms with Crippen LogP contribution >= 0.6 is 0 Å². The molecule has 1 aromatic rings. The third-order valence-electron chi connectivity index (χ3n) is 3.58. The van der Waals surface area contributed by atoms with Gasteiger partial charge < -0.3 is 10.4 Å². The van der Waals surface area contributed by atoms with Gasteiger partial charge in [0.25, 0.3) is 0 Å². The molecule has 2 atom stereocenters. The molecule has 108 valence electrons. The van der Waals surface area contributed by atoms with Crippen molar-refractivity contribution >= 4 is 0 Å². The Morgan fingerprint density at radius 3 is 2.21 bits per heavy atom. The van der Waals surface area contributed by atoms with E-state index in [-0.39, 0.29) is 6.61 Å². The minimum atomic E-state index is 0.256. The van der Waals surface area contributed by atoms with E-state index in [1.54, 1.807) is 0 Å². The molecule has 0 bridgehead atoms. The van der Waals surface area contributed by atoms with Gasteiger partial charge in [0, 0.05) is 18.7 Å². The van der Waals surface area contributed by atoms with E-state index >= 15 is 0 Å². The second-order valence-electron chi connectivity index (χ2n) is 5.85. The maximum atomic E-state index is 9.03. The summed E-state index contributed by atoms with van der Waals surface area (Å²) in [6, 6.07) is 9.66. The van der Waals surface area contributed by atoms with E-state index < -0.39 is 0 Å². The fraction of sp³-hybridized carbons (Fsp3) is 0.647. The molecule has 0 saturated heterocycles. The molecule has 0 heterocycles. The van der Waals surface area contributed by atoms with Gasteiger partial charge in [-0.05, 0) is 43.2 Å². The van der Waals surface area contributed by atoms with Gasteiger partial charge in [0.05, 0.1) is 0 Å². The highest BCUT2D eigenvalue weighted by Gasteiger charge is 2.11. The SMILES string of the molecule is CCC(CCO)NC(C)c1ccc(CC(C)C)cc1. The first kappa shape index (κ1) is 16.2. The summed E-state index contributed by atoms with van der Waals surface area (Å²) < 4.78 is 0. The lowest BCUT2D eigenvalue weighted by molar-refractivity contribution is 0.257. The van der Waals surface area contributed by atoms with Crippen LogP contribution in [-0.4, -0.2) is 17.8 Å². The number of aliphatic hydroxyl groups is 1. The molecule has 0 amide bonds. The summed E-state index contributed by atoms with van der Waals surface area (Å²) >= 11 is 0. The highest BCUT2D eigenvalue weighted by molar-refractivity contribution is 5.25. The Bertz CT molecular complexity index is 345. The number of aliphatic hydroxyl groups excluding tert-OH is 1. The van der Waals surface area contributed by atoms with Gasteiger partial charge in [-0.1, -0.05) is 45.0 Å². The van der Waals surface area contributed by atoms with Crippen molar-refractivity contribution in [3.8, 4) is 0 Å². The molecule has 0 spiro atoms. The van der Waals surface area contributed by atoms with E-state index in [1.807, 2.05) is 0 Å². The lowest BCUT2D eigenvalue weighted by atomic mass is 9.99. The van der Waals surface area contributed by atoms with Crippen LogP contribution in [0.15, 0.2) is 24.3 Å². The summed E-state index contributed by atoms with van der Waals surface area (Å²) in [6.07, 6.45) is 3.02. The van der Waals surface area contributed by atoms with Gasteiger partial charge in [0.1, 0.15) is 0 Å². The highest BCUT2D eigenvalue weighted by atomic mass is 16.3. The van der Waals surface area contributed by atoms with Gasteiger partial charge >= 0.3 is 0 Å². The average Bonchev–Trinajstić information content (AvgIpc) is 2.38. The highest BCUT2D eigenvalue weighted by Crippen LogP contribution is 2.17. The first-order valence-corrected chi connectivity index (χ1v) is 7.52. The normalized spacial score (nSPS) is 14.6. The topological polar surface area (TPSA) is 32.3 Å². The van der Waals surface area contributed by atoms with Crippen LogP contribution in [0.5, 0.6) is 0 Å². The Morgan fingerprint density at radius 2 is 1.74 bits per heavy atom. The standard InChI is InChI=1S/C17H29NO/c1-5-17(10-11-19)18-14(4)16-8-6-15(7-9-16)12-13(2)3/h6-9,13-14,17-19H,5,10-12H2,1-4H3. The summed E-state index contributed by atoms with van der Waals surface area (Å²) in [5.74, 6) is 0.704. The van der Waals surface area contributed by atoms with Crippen molar-refractivity contribution in [1.82, 2.24) is 5.32 Å². The molecule has 0 saturated carbocycles. The predicted molar refractivity (Wildman–Crippen MR) is 82.3 cm³/mol. The molecule has 0 aliphatic heterocycles. The van der Waals surface area contributed by atoms with Crippen molar-refractivity contribution in [2.24, 2.45) is 5.92 Å². The Hall–Kier alpha value is -0.860. The molecule has 2 N–H and O–H groups in total. The van der Waals surface area contributed by atoms with Crippen LogP contribution in [0, 0.1) is 5.92 Å². The Balaban J connectivity index is 2.59. The number of benzene rings is 1. The van der Waals surface area contributed by atoms with Crippen LogP contribution in [-0.2, 0) is 6.42 Å². The van der Waals surface area contributed by atoms with Crippen molar-refractivity contribution in [2.45, 2.75) is 59.0 Å². The molecule has 2 unspecified atom stereocenters. The largest absolute Gasteiger partial charge is 0.396 e. The zero-order valence-electron chi connectivity index (χ0n) is 12.8. The van der Waals surface area contributed by atoms with Crippen molar-refractivity contribution in [1.29, 1.82) is 0 Å². The first-order valence-electron chi connectivity index (χ1n) is 7.52. The van der Waals surface area contributed by atoms with Gasteiger partial charge in [-0.2, -0.15) is 0 Å². The number of rotatable bonds is 8. The van der Waals surface area contributed by atoms with Crippen molar-refractivity contribution in [2.75, 3.05) is 6.61 Å². The molecular weight excluding hydrogens is 234 g/mol. The third-order valence-corrected chi connectivity index (χ3v) is 3.58. The lowest BCUT2D eigenvalue weighted by Crippen LogP contribution is -2.31. The maximum Gasteiger partial charge on any atom is 0.0445 e. The van der Waals surface area contributed by atoms with E-state index in [9.17, 15) is 0 Å². The first-order chi connectivity index (χ1) is 9.06. The lowest BCUT2D eigenvalue weighted by Gasteiger charge is -2.22. The monoisotopic (exact) mass is 263 g/mol.